The Bertz CT molecular complexity index is 445. The Kier molecular flexibility index (Phi) is 3.87. The van der Waals surface area contributed by atoms with Crippen molar-refractivity contribution in [3.8, 4) is 5.75 Å². The van der Waals surface area contributed by atoms with Crippen LogP contribution in [0, 0.1) is 6.92 Å². The topological polar surface area (TPSA) is 41.6 Å². The summed E-state index contributed by atoms with van der Waals surface area (Å²) < 4.78 is 5.28. The molecule has 2 rings (SSSR count). The van der Waals surface area contributed by atoms with E-state index in [9.17, 15) is 4.79 Å². The zero-order valence-corrected chi connectivity index (χ0v) is 11.2. The molecule has 4 nitrogen and oxygen atoms in total. The van der Waals surface area contributed by atoms with Crippen LogP contribution in [0.1, 0.15) is 22.8 Å². The fourth-order valence-corrected chi connectivity index (χ4v) is 2.28. The average Bonchev–Trinajstić information content (AvgIpc) is 2.38. The molecule has 0 spiro atoms. The highest BCUT2D eigenvalue weighted by Gasteiger charge is 2.23. The summed E-state index contributed by atoms with van der Waals surface area (Å²) in [7, 11) is 1.60. The van der Waals surface area contributed by atoms with Crippen LogP contribution in [-0.2, 0) is 0 Å². The van der Waals surface area contributed by atoms with Crippen molar-refractivity contribution in [1.29, 1.82) is 0 Å². The molecule has 1 fully saturated rings. The molecule has 1 heterocycles. The summed E-state index contributed by atoms with van der Waals surface area (Å²) in [5.74, 6) is 0.709. The Morgan fingerprint density at radius 3 is 2.94 bits per heavy atom. The molecule has 1 aromatic carbocycles. The molecule has 4 heteroatoms. The molecule has 0 aromatic heterocycles. The maximum atomic E-state index is 12.5. The number of carbonyl (C=O) groups is 1. The summed E-state index contributed by atoms with van der Waals surface area (Å²) in [5.41, 5.74) is 1.73. The van der Waals surface area contributed by atoms with E-state index in [1.807, 2.05) is 30.0 Å². The summed E-state index contributed by atoms with van der Waals surface area (Å²) in [6.07, 6.45) is 0. The van der Waals surface area contributed by atoms with E-state index in [1.54, 1.807) is 7.11 Å². The number of carbonyl (C=O) groups excluding carboxylic acids is 1. The Balaban J connectivity index is 2.24. The molecular formula is C14H20N2O2. The molecule has 1 saturated heterocycles. The third kappa shape index (κ3) is 2.64. The second-order valence-electron chi connectivity index (χ2n) is 4.81. The monoisotopic (exact) mass is 248 g/mol. The SMILES string of the molecule is COc1ccc(C)cc1C(=O)N1CCN[C@@H](C)C1. The van der Waals surface area contributed by atoms with Gasteiger partial charge in [-0.2, -0.15) is 0 Å². The maximum Gasteiger partial charge on any atom is 0.257 e. The Labute approximate surface area is 108 Å². The van der Waals surface area contributed by atoms with E-state index in [4.69, 9.17) is 4.74 Å². The molecule has 0 unspecified atom stereocenters. The number of amides is 1. The van der Waals surface area contributed by atoms with E-state index in [0.29, 0.717) is 17.4 Å². The van der Waals surface area contributed by atoms with Gasteiger partial charge in [0.25, 0.3) is 5.91 Å². The van der Waals surface area contributed by atoms with Crippen molar-refractivity contribution in [1.82, 2.24) is 10.2 Å². The second-order valence-corrected chi connectivity index (χ2v) is 4.81. The van der Waals surface area contributed by atoms with Gasteiger partial charge in [-0.25, -0.2) is 0 Å². The molecule has 0 aliphatic carbocycles. The van der Waals surface area contributed by atoms with Crippen molar-refractivity contribution in [2.75, 3.05) is 26.7 Å². The standard InChI is InChI=1S/C14H20N2O2/c1-10-4-5-13(18-3)12(8-10)14(17)16-7-6-15-11(2)9-16/h4-5,8,11,15H,6-7,9H2,1-3H3/t11-/m0/s1. The Hall–Kier alpha value is -1.55. The molecule has 1 amide bonds. The van der Waals surface area contributed by atoms with E-state index < -0.39 is 0 Å². The zero-order chi connectivity index (χ0) is 13.1. The highest BCUT2D eigenvalue weighted by molar-refractivity contribution is 5.97. The van der Waals surface area contributed by atoms with E-state index in [-0.39, 0.29) is 5.91 Å². The molecule has 98 valence electrons. The van der Waals surface area contributed by atoms with E-state index in [1.165, 1.54) is 0 Å². The quantitative estimate of drug-likeness (QED) is 0.861. The minimum absolute atomic E-state index is 0.0592. The number of nitrogens with zero attached hydrogens (tertiary/aromatic N) is 1. The van der Waals surface area contributed by atoms with Crippen LogP contribution in [0.4, 0.5) is 0 Å². The van der Waals surface area contributed by atoms with Gasteiger partial charge < -0.3 is 15.0 Å². The van der Waals surface area contributed by atoms with Crippen LogP contribution in [-0.4, -0.2) is 43.6 Å². The summed E-state index contributed by atoms with van der Waals surface area (Å²) in [6.45, 7) is 6.42. The zero-order valence-electron chi connectivity index (χ0n) is 11.2. The lowest BCUT2D eigenvalue weighted by atomic mass is 10.1. The molecule has 0 saturated carbocycles. The van der Waals surface area contributed by atoms with Crippen molar-refractivity contribution in [3.05, 3.63) is 29.3 Å². The van der Waals surface area contributed by atoms with Crippen LogP contribution >= 0.6 is 0 Å². The third-order valence-corrected chi connectivity index (χ3v) is 3.24. The van der Waals surface area contributed by atoms with Crippen molar-refractivity contribution < 1.29 is 9.53 Å². The fourth-order valence-electron chi connectivity index (χ4n) is 2.28. The highest BCUT2D eigenvalue weighted by atomic mass is 16.5. The predicted molar refractivity (Wildman–Crippen MR) is 71.1 cm³/mol. The van der Waals surface area contributed by atoms with Gasteiger partial charge in [-0.3, -0.25) is 4.79 Å². The smallest absolute Gasteiger partial charge is 0.257 e. The number of hydrogen-bond donors (Lipinski definition) is 1. The van der Waals surface area contributed by atoms with E-state index >= 15 is 0 Å². The lowest BCUT2D eigenvalue weighted by Gasteiger charge is -2.32. The van der Waals surface area contributed by atoms with Gasteiger partial charge in [0.2, 0.25) is 0 Å². The number of piperazine rings is 1. The average molecular weight is 248 g/mol. The number of aryl methyl sites for hydroxylation is 1. The van der Waals surface area contributed by atoms with Gasteiger partial charge >= 0.3 is 0 Å². The lowest BCUT2D eigenvalue weighted by Crippen LogP contribution is -2.51. The first-order valence-corrected chi connectivity index (χ1v) is 6.29. The van der Waals surface area contributed by atoms with Crippen LogP contribution in [0.3, 0.4) is 0 Å². The number of ether oxygens (including phenoxy) is 1. The van der Waals surface area contributed by atoms with Gasteiger partial charge in [0.15, 0.2) is 0 Å². The van der Waals surface area contributed by atoms with Gasteiger partial charge in [0.1, 0.15) is 5.75 Å². The maximum absolute atomic E-state index is 12.5. The first kappa shape index (κ1) is 12.9. The van der Waals surface area contributed by atoms with Crippen molar-refractivity contribution in [2.45, 2.75) is 19.9 Å². The first-order valence-electron chi connectivity index (χ1n) is 6.29. The molecule has 0 bridgehead atoms. The molecule has 1 N–H and O–H groups in total. The molecular weight excluding hydrogens is 228 g/mol. The third-order valence-electron chi connectivity index (χ3n) is 3.24. The number of benzene rings is 1. The van der Waals surface area contributed by atoms with Gasteiger partial charge in [-0.05, 0) is 26.0 Å². The summed E-state index contributed by atoms with van der Waals surface area (Å²) in [5, 5.41) is 3.33. The van der Waals surface area contributed by atoms with Gasteiger partial charge in [-0.15, -0.1) is 0 Å². The second kappa shape index (κ2) is 5.40. The number of hydrogen-bond acceptors (Lipinski definition) is 3. The van der Waals surface area contributed by atoms with Gasteiger partial charge in [-0.1, -0.05) is 11.6 Å². The molecule has 0 radical (unpaired) electrons. The van der Waals surface area contributed by atoms with Gasteiger partial charge in [0, 0.05) is 25.7 Å². The summed E-state index contributed by atoms with van der Waals surface area (Å²) in [6, 6.07) is 6.05. The molecule has 1 aromatic rings. The first-order chi connectivity index (χ1) is 8.61. The fraction of sp³-hybridized carbons (Fsp3) is 0.500. The minimum atomic E-state index is 0.0592. The van der Waals surface area contributed by atoms with Crippen molar-refractivity contribution in [3.63, 3.8) is 0 Å². The van der Waals surface area contributed by atoms with Crippen LogP contribution in [0.5, 0.6) is 5.75 Å². The summed E-state index contributed by atoms with van der Waals surface area (Å²) in [4.78, 5) is 14.4. The lowest BCUT2D eigenvalue weighted by molar-refractivity contribution is 0.0705. The Morgan fingerprint density at radius 1 is 1.50 bits per heavy atom. The molecule has 1 aliphatic heterocycles. The van der Waals surface area contributed by atoms with Crippen LogP contribution in [0.25, 0.3) is 0 Å². The summed E-state index contributed by atoms with van der Waals surface area (Å²) >= 11 is 0. The number of rotatable bonds is 2. The normalized spacial score (nSPS) is 19.7. The van der Waals surface area contributed by atoms with Crippen LogP contribution in [0.15, 0.2) is 18.2 Å². The number of methoxy groups -OCH3 is 1. The molecule has 1 aliphatic rings. The van der Waals surface area contributed by atoms with Crippen molar-refractivity contribution >= 4 is 5.91 Å². The van der Waals surface area contributed by atoms with Gasteiger partial charge in [0.05, 0.1) is 12.7 Å². The van der Waals surface area contributed by atoms with Crippen LogP contribution < -0.4 is 10.1 Å². The Morgan fingerprint density at radius 2 is 2.28 bits per heavy atom. The van der Waals surface area contributed by atoms with Crippen molar-refractivity contribution in [2.24, 2.45) is 0 Å². The highest BCUT2D eigenvalue weighted by Crippen LogP contribution is 2.21. The van der Waals surface area contributed by atoms with Crippen LogP contribution in [0.2, 0.25) is 0 Å². The number of nitrogens with one attached hydrogen (secondary N) is 1. The largest absolute Gasteiger partial charge is 0.496 e. The minimum Gasteiger partial charge on any atom is -0.496 e. The molecule has 18 heavy (non-hydrogen) atoms. The van der Waals surface area contributed by atoms with E-state index in [2.05, 4.69) is 12.2 Å². The predicted octanol–water partition coefficient (Wildman–Crippen LogP) is 1.44. The van der Waals surface area contributed by atoms with E-state index in [0.717, 1.165) is 25.2 Å². The molecule has 1 atom stereocenters.